The van der Waals surface area contributed by atoms with Crippen LogP contribution in [-0.2, 0) is 0 Å². The average molecular weight is 523 g/mol. The second-order valence-corrected chi connectivity index (χ2v) is 10.2. The van der Waals surface area contributed by atoms with E-state index in [0.717, 1.165) is 65.2 Å². The van der Waals surface area contributed by atoms with E-state index in [4.69, 9.17) is 0 Å². The number of nitriles is 1. The summed E-state index contributed by atoms with van der Waals surface area (Å²) < 4.78 is 0. The molecule has 198 valence electrons. The molecule has 0 radical (unpaired) electrons. The number of rotatable bonds is 6. The van der Waals surface area contributed by atoms with E-state index in [1.807, 2.05) is 54.9 Å². The molecule has 0 atom stereocenters. The first kappa shape index (κ1) is 25.1. The van der Waals surface area contributed by atoms with Gasteiger partial charge in [-0.05, 0) is 41.5 Å². The summed E-state index contributed by atoms with van der Waals surface area (Å²) in [6, 6.07) is 17.9. The number of aromatic amines is 1. The largest absolute Gasteiger partial charge is 0.395 e. The number of carbonyl (C=O) groups excluding carboxylic acids is 1. The molecule has 9 nitrogen and oxygen atoms in total. The van der Waals surface area contributed by atoms with Crippen LogP contribution in [-0.4, -0.2) is 94.4 Å². The quantitative estimate of drug-likeness (QED) is 0.356. The normalized spacial score (nSPS) is 16.3. The highest BCUT2D eigenvalue weighted by Crippen LogP contribution is 2.33. The van der Waals surface area contributed by atoms with Crippen molar-refractivity contribution in [2.45, 2.75) is 6.10 Å². The minimum Gasteiger partial charge on any atom is -0.395 e. The summed E-state index contributed by atoms with van der Waals surface area (Å²) in [6.07, 6.45) is 3.31. The second kappa shape index (κ2) is 10.5. The maximum absolute atomic E-state index is 12.6. The number of hydrogen-bond acceptors (Lipinski definition) is 7. The highest BCUT2D eigenvalue weighted by Gasteiger charge is 2.29. The van der Waals surface area contributed by atoms with E-state index in [1.165, 1.54) is 0 Å². The van der Waals surface area contributed by atoms with Crippen molar-refractivity contribution in [3.8, 4) is 28.3 Å². The first-order valence-corrected chi connectivity index (χ1v) is 13.2. The third-order valence-corrected chi connectivity index (χ3v) is 7.70. The molecule has 4 aromatic rings. The third-order valence-electron chi connectivity index (χ3n) is 7.70. The molecule has 39 heavy (non-hydrogen) atoms. The molecular formula is C30H30N6O3. The van der Waals surface area contributed by atoms with Crippen molar-refractivity contribution in [1.29, 1.82) is 5.26 Å². The van der Waals surface area contributed by atoms with Gasteiger partial charge in [-0.2, -0.15) is 5.26 Å². The van der Waals surface area contributed by atoms with Crippen LogP contribution >= 0.6 is 0 Å². The fourth-order valence-electron chi connectivity index (χ4n) is 5.43. The zero-order chi connectivity index (χ0) is 26.9. The summed E-state index contributed by atoms with van der Waals surface area (Å²) in [5.74, 6) is -0.0708. The molecule has 0 unspecified atom stereocenters. The summed E-state index contributed by atoms with van der Waals surface area (Å²) in [6.45, 7) is 4.97. The Kier molecular flexibility index (Phi) is 6.75. The van der Waals surface area contributed by atoms with E-state index in [2.05, 4.69) is 31.9 Å². The molecule has 2 aliphatic heterocycles. The van der Waals surface area contributed by atoms with Gasteiger partial charge in [-0.15, -0.1) is 0 Å². The van der Waals surface area contributed by atoms with Crippen LogP contribution in [0.2, 0.25) is 0 Å². The Hall–Kier alpha value is -4.23. The summed E-state index contributed by atoms with van der Waals surface area (Å²) in [5, 5.41) is 29.6. The standard InChI is InChI=1S/C30H30N6O3/c31-15-23-13-22(5-6-28(23)35-9-7-34(8-10-35)11-12-37)24-14-26-27(17-33-29(26)32-16-24)20-1-3-21(4-2-20)30(39)36-18-25(38)19-36/h1-6,13-14,16-17,25,37-38H,7-12,18-19H2,(H,32,33). The number of anilines is 1. The summed E-state index contributed by atoms with van der Waals surface area (Å²) in [4.78, 5) is 26.5. The van der Waals surface area contributed by atoms with Crippen LogP contribution in [0.4, 0.5) is 5.69 Å². The Labute approximate surface area is 226 Å². The molecule has 0 spiro atoms. The molecule has 4 heterocycles. The topological polar surface area (TPSA) is 120 Å². The average Bonchev–Trinajstić information content (AvgIpc) is 3.39. The number of H-pyrrole nitrogens is 1. The predicted octanol–water partition coefficient (Wildman–Crippen LogP) is 2.70. The minimum atomic E-state index is -0.422. The van der Waals surface area contributed by atoms with Gasteiger partial charge >= 0.3 is 0 Å². The van der Waals surface area contributed by atoms with Gasteiger partial charge in [0, 0.05) is 80.3 Å². The maximum Gasteiger partial charge on any atom is 0.254 e. The van der Waals surface area contributed by atoms with Crippen LogP contribution in [0.3, 0.4) is 0 Å². The molecule has 2 aliphatic rings. The Balaban J connectivity index is 1.25. The molecule has 2 aromatic heterocycles. The van der Waals surface area contributed by atoms with Gasteiger partial charge in [0.05, 0.1) is 24.0 Å². The van der Waals surface area contributed by atoms with Crippen molar-refractivity contribution in [2.75, 3.05) is 57.3 Å². The number of nitrogens with zero attached hydrogens (tertiary/aromatic N) is 5. The van der Waals surface area contributed by atoms with E-state index in [9.17, 15) is 20.3 Å². The highest BCUT2D eigenvalue weighted by molar-refractivity contribution is 5.98. The summed E-state index contributed by atoms with van der Waals surface area (Å²) in [7, 11) is 0. The number of hydrogen-bond donors (Lipinski definition) is 3. The van der Waals surface area contributed by atoms with Gasteiger partial charge in [0.25, 0.3) is 5.91 Å². The van der Waals surface area contributed by atoms with Gasteiger partial charge in [-0.1, -0.05) is 18.2 Å². The van der Waals surface area contributed by atoms with Crippen molar-refractivity contribution in [2.24, 2.45) is 0 Å². The number of nitrogens with one attached hydrogen (secondary N) is 1. The van der Waals surface area contributed by atoms with Crippen molar-refractivity contribution in [3.05, 3.63) is 72.1 Å². The molecule has 2 fully saturated rings. The third kappa shape index (κ3) is 4.86. The molecule has 0 bridgehead atoms. The van der Waals surface area contributed by atoms with Gasteiger partial charge in [0.2, 0.25) is 0 Å². The number of β-amino-alcohol motifs (C(OH)–C–C–N with tert-alkyl or cyclic N) is 2. The van der Waals surface area contributed by atoms with E-state index in [1.54, 1.807) is 4.90 Å². The molecule has 2 saturated heterocycles. The van der Waals surface area contributed by atoms with E-state index in [0.29, 0.717) is 30.8 Å². The number of amides is 1. The molecular weight excluding hydrogens is 492 g/mol. The van der Waals surface area contributed by atoms with Crippen molar-refractivity contribution >= 4 is 22.6 Å². The monoisotopic (exact) mass is 522 g/mol. The first-order valence-electron chi connectivity index (χ1n) is 13.2. The smallest absolute Gasteiger partial charge is 0.254 e. The second-order valence-electron chi connectivity index (χ2n) is 10.2. The number of aromatic nitrogens is 2. The minimum absolute atomic E-state index is 0.0708. The lowest BCUT2D eigenvalue weighted by molar-refractivity contribution is 0.00590. The number of fused-ring (bicyclic) bond motifs is 1. The molecule has 1 amide bonds. The zero-order valence-electron chi connectivity index (χ0n) is 21.5. The number of pyridine rings is 1. The Morgan fingerprint density at radius 1 is 1.03 bits per heavy atom. The van der Waals surface area contributed by atoms with Crippen LogP contribution in [0.5, 0.6) is 0 Å². The van der Waals surface area contributed by atoms with Crippen LogP contribution in [0.15, 0.2) is 60.9 Å². The first-order chi connectivity index (χ1) is 19.0. The number of likely N-dealkylation sites (tertiary alicyclic amines) is 1. The lowest BCUT2D eigenvalue weighted by atomic mass is 9.99. The molecule has 0 saturated carbocycles. The van der Waals surface area contributed by atoms with Crippen molar-refractivity contribution in [3.63, 3.8) is 0 Å². The van der Waals surface area contributed by atoms with Crippen LogP contribution in [0, 0.1) is 11.3 Å². The Morgan fingerprint density at radius 3 is 2.46 bits per heavy atom. The summed E-state index contributed by atoms with van der Waals surface area (Å²) >= 11 is 0. The number of benzene rings is 2. The van der Waals surface area contributed by atoms with Gasteiger partial charge in [0.15, 0.2) is 0 Å². The number of piperazine rings is 1. The number of aliphatic hydroxyl groups excluding tert-OH is 2. The van der Waals surface area contributed by atoms with Crippen LogP contribution in [0.25, 0.3) is 33.3 Å². The maximum atomic E-state index is 12.6. The van der Waals surface area contributed by atoms with Crippen LogP contribution < -0.4 is 4.90 Å². The van der Waals surface area contributed by atoms with E-state index < -0.39 is 6.10 Å². The van der Waals surface area contributed by atoms with Gasteiger partial charge in [0.1, 0.15) is 11.7 Å². The molecule has 3 N–H and O–H groups in total. The Bertz CT molecular complexity index is 1540. The molecule has 6 rings (SSSR count). The highest BCUT2D eigenvalue weighted by atomic mass is 16.3. The molecule has 9 heteroatoms. The van der Waals surface area contributed by atoms with Gasteiger partial charge < -0.3 is 25.0 Å². The lowest BCUT2D eigenvalue weighted by Crippen LogP contribution is -2.53. The van der Waals surface area contributed by atoms with Gasteiger partial charge in [-0.25, -0.2) is 4.98 Å². The lowest BCUT2D eigenvalue weighted by Gasteiger charge is -2.36. The molecule has 2 aromatic carbocycles. The van der Waals surface area contributed by atoms with E-state index >= 15 is 0 Å². The zero-order valence-corrected chi connectivity index (χ0v) is 21.5. The van der Waals surface area contributed by atoms with Crippen molar-refractivity contribution < 1.29 is 15.0 Å². The number of aliphatic hydroxyl groups is 2. The number of carbonyl (C=O) groups is 1. The fraction of sp³-hybridized carbons (Fsp3) is 0.300. The SMILES string of the molecule is N#Cc1cc(-c2cnc3[nH]cc(-c4ccc(C(=O)N5CC(O)C5)cc4)c3c2)ccc1N1CCN(CCO)CC1. The van der Waals surface area contributed by atoms with Crippen LogP contribution in [0.1, 0.15) is 15.9 Å². The summed E-state index contributed by atoms with van der Waals surface area (Å²) in [5.41, 5.74) is 6.72. The fourth-order valence-corrected chi connectivity index (χ4v) is 5.43. The predicted molar refractivity (Wildman–Crippen MR) is 149 cm³/mol. The van der Waals surface area contributed by atoms with Gasteiger partial charge in [-0.3, -0.25) is 9.69 Å². The Morgan fingerprint density at radius 2 is 1.77 bits per heavy atom. The van der Waals surface area contributed by atoms with Crippen molar-refractivity contribution in [1.82, 2.24) is 19.8 Å². The molecule has 0 aliphatic carbocycles. The van der Waals surface area contributed by atoms with E-state index in [-0.39, 0.29) is 12.5 Å².